The van der Waals surface area contributed by atoms with Crippen LogP contribution >= 0.6 is 0 Å². The molecule has 3 N–H and O–H groups in total. The normalized spacial score (nSPS) is 11.9. The smallest absolute Gasteiger partial charge is 0.377 e. The van der Waals surface area contributed by atoms with Gasteiger partial charge in [-0.3, -0.25) is 0 Å². The number of rotatable bonds is 7. The van der Waals surface area contributed by atoms with E-state index < -0.39 is 33.5 Å². The summed E-state index contributed by atoms with van der Waals surface area (Å²) in [5.41, 5.74) is -0.508. The number of fused-ring (bicyclic) bond motifs is 1. The Kier molecular flexibility index (Phi) is 7.13. The number of para-hydroxylation sites is 1. The molecule has 3 aromatic carbocycles. The Morgan fingerprint density at radius 2 is 1.58 bits per heavy atom. The number of alkyl halides is 3. The van der Waals surface area contributed by atoms with E-state index in [2.05, 4.69) is 15.4 Å². The molecule has 0 aliphatic rings. The number of nitrogens with zero attached hydrogens (tertiary/aromatic N) is 1. The molecule has 0 heterocycles. The largest absolute Gasteiger partial charge is 0.418 e. The van der Waals surface area contributed by atoms with Crippen LogP contribution in [0, 0.1) is 0 Å². The van der Waals surface area contributed by atoms with Gasteiger partial charge in [0.05, 0.1) is 16.1 Å². The van der Waals surface area contributed by atoms with Gasteiger partial charge in [0.1, 0.15) is 0 Å². The Morgan fingerprint density at radius 1 is 0.909 bits per heavy atom. The van der Waals surface area contributed by atoms with Crippen LogP contribution in [0.3, 0.4) is 0 Å². The molecule has 0 aromatic heterocycles. The first-order valence-electron chi connectivity index (χ1n) is 9.90. The maximum absolute atomic E-state index is 13.0. The molecule has 11 heteroatoms. The highest BCUT2D eigenvalue weighted by Gasteiger charge is 2.33. The third kappa shape index (κ3) is 5.74. The first-order chi connectivity index (χ1) is 15.5. The van der Waals surface area contributed by atoms with Crippen molar-refractivity contribution in [3.8, 4) is 0 Å². The number of carbonyl (C=O) groups is 1. The number of sulfonamides is 1. The Bertz CT molecular complexity index is 1260. The molecule has 0 atom stereocenters. The van der Waals surface area contributed by atoms with Crippen molar-refractivity contribution in [1.82, 2.24) is 10.0 Å². The van der Waals surface area contributed by atoms with Crippen LogP contribution in [-0.4, -0.2) is 41.6 Å². The highest BCUT2D eigenvalue weighted by molar-refractivity contribution is 7.89. The van der Waals surface area contributed by atoms with Gasteiger partial charge in [0.15, 0.2) is 0 Å². The predicted molar refractivity (Wildman–Crippen MR) is 122 cm³/mol. The molecule has 0 aliphatic carbocycles. The van der Waals surface area contributed by atoms with E-state index in [-0.39, 0.29) is 18.0 Å². The topological polar surface area (TPSA) is 90.5 Å². The molecule has 7 nitrogen and oxygen atoms in total. The summed E-state index contributed by atoms with van der Waals surface area (Å²) >= 11 is 0. The minimum Gasteiger partial charge on any atom is -0.377 e. The summed E-state index contributed by atoms with van der Waals surface area (Å²) in [7, 11) is -0.183. The average molecular weight is 481 g/mol. The Morgan fingerprint density at radius 3 is 2.27 bits per heavy atom. The molecule has 0 aliphatic heterocycles. The number of amides is 2. The number of halogens is 3. The predicted octanol–water partition coefficient (Wildman–Crippen LogP) is 4.02. The molecule has 0 saturated heterocycles. The summed E-state index contributed by atoms with van der Waals surface area (Å²) < 4.78 is 67.2. The van der Waals surface area contributed by atoms with Crippen molar-refractivity contribution in [3.05, 3.63) is 66.2 Å². The van der Waals surface area contributed by atoms with E-state index in [0.717, 1.165) is 23.2 Å². The van der Waals surface area contributed by atoms with Crippen LogP contribution in [0.25, 0.3) is 10.8 Å². The van der Waals surface area contributed by atoms with E-state index in [4.69, 9.17) is 0 Å². The lowest BCUT2D eigenvalue weighted by Gasteiger charge is -2.17. The standard InChI is InChI=1S/C22H23F3N4O3S/c1-29(2)19-11-5-8-16-15(19)7-6-12-20(16)33(31,32)27-14-13-26-21(30)28-18-10-4-3-9-17(18)22(23,24)25/h3-12,27H,13-14H2,1-2H3,(H2,26,28,30). The highest BCUT2D eigenvalue weighted by Crippen LogP contribution is 2.34. The molecule has 0 saturated carbocycles. The number of benzene rings is 3. The highest BCUT2D eigenvalue weighted by atomic mass is 32.2. The van der Waals surface area contributed by atoms with Crippen molar-refractivity contribution in [2.75, 3.05) is 37.4 Å². The van der Waals surface area contributed by atoms with E-state index in [1.54, 1.807) is 18.2 Å². The Labute approximate surface area is 189 Å². The molecular weight excluding hydrogens is 457 g/mol. The Hall–Kier alpha value is -3.31. The summed E-state index contributed by atoms with van der Waals surface area (Å²) in [6.45, 7) is -0.284. The zero-order valence-electron chi connectivity index (χ0n) is 17.9. The fourth-order valence-corrected chi connectivity index (χ4v) is 4.59. The third-order valence-corrected chi connectivity index (χ3v) is 6.33. The van der Waals surface area contributed by atoms with Gasteiger partial charge in [-0.15, -0.1) is 0 Å². The summed E-state index contributed by atoms with van der Waals surface area (Å²) in [4.78, 5) is 14.0. The van der Waals surface area contributed by atoms with Gasteiger partial charge in [0.2, 0.25) is 10.0 Å². The van der Waals surface area contributed by atoms with E-state index >= 15 is 0 Å². The van der Waals surface area contributed by atoms with E-state index in [0.29, 0.717) is 5.39 Å². The maximum Gasteiger partial charge on any atom is 0.418 e. The molecule has 2 amide bonds. The molecule has 0 radical (unpaired) electrons. The van der Waals surface area contributed by atoms with Crippen LogP contribution in [0.4, 0.5) is 29.3 Å². The van der Waals surface area contributed by atoms with Crippen LogP contribution in [0.5, 0.6) is 0 Å². The van der Waals surface area contributed by atoms with Crippen LogP contribution in [0.1, 0.15) is 5.56 Å². The fraction of sp³-hybridized carbons (Fsp3) is 0.227. The molecule has 3 rings (SSSR count). The summed E-state index contributed by atoms with van der Waals surface area (Å²) in [6, 6.07) is 14.0. The lowest BCUT2D eigenvalue weighted by Crippen LogP contribution is -2.37. The van der Waals surface area contributed by atoms with Crippen molar-refractivity contribution in [2.45, 2.75) is 11.1 Å². The number of nitrogens with one attached hydrogen (secondary N) is 3. The second kappa shape index (κ2) is 9.67. The van der Waals surface area contributed by atoms with Gasteiger partial charge in [-0.1, -0.05) is 36.4 Å². The van der Waals surface area contributed by atoms with Crippen LogP contribution < -0.4 is 20.3 Å². The van der Waals surface area contributed by atoms with Gasteiger partial charge < -0.3 is 15.5 Å². The molecule has 0 fully saturated rings. The second-order valence-corrected chi connectivity index (χ2v) is 9.08. The van der Waals surface area contributed by atoms with Crippen molar-refractivity contribution in [2.24, 2.45) is 0 Å². The molecule has 176 valence electrons. The number of hydrogen-bond donors (Lipinski definition) is 3. The molecule has 0 spiro atoms. The summed E-state index contributed by atoms with van der Waals surface area (Å²) in [6.07, 6.45) is -4.62. The lowest BCUT2D eigenvalue weighted by atomic mass is 10.1. The zero-order chi connectivity index (χ0) is 24.2. The maximum atomic E-state index is 13.0. The van der Waals surface area contributed by atoms with Gasteiger partial charge in [-0.25, -0.2) is 17.9 Å². The van der Waals surface area contributed by atoms with Crippen molar-refractivity contribution >= 4 is 38.2 Å². The first kappa shape index (κ1) is 24.3. The van der Waals surface area contributed by atoms with Gasteiger partial charge in [-0.2, -0.15) is 13.2 Å². The quantitative estimate of drug-likeness (QED) is 0.446. The van der Waals surface area contributed by atoms with E-state index in [1.807, 2.05) is 31.1 Å². The molecule has 0 unspecified atom stereocenters. The summed E-state index contributed by atoms with van der Waals surface area (Å²) in [5, 5.41) is 5.80. The molecule has 3 aromatic rings. The number of hydrogen-bond acceptors (Lipinski definition) is 4. The number of carbonyl (C=O) groups excluding carboxylic acids is 1. The minimum absolute atomic E-state index is 0.0901. The summed E-state index contributed by atoms with van der Waals surface area (Å²) in [5.74, 6) is 0. The lowest BCUT2D eigenvalue weighted by molar-refractivity contribution is -0.136. The average Bonchev–Trinajstić information content (AvgIpc) is 2.75. The monoisotopic (exact) mass is 480 g/mol. The van der Waals surface area contributed by atoms with Gasteiger partial charge >= 0.3 is 12.2 Å². The van der Waals surface area contributed by atoms with Crippen molar-refractivity contribution in [3.63, 3.8) is 0 Å². The van der Waals surface area contributed by atoms with Crippen LogP contribution in [-0.2, 0) is 16.2 Å². The second-order valence-electron chi connectivity index (χ2n) is 7.34. The van der Waals surface area contributed by atoms with Gasteiger partial charge in [-0.05, 0) is 24.3 Å². The molecule has 0 bridgehead atoms. The van der Waals surface area contributed by atoms with Gasteiger partial charge in [0.25, 0.3) is 0 Å². The van der Waals surface area contributed by atoms with Crippen molar-refractivity contribution in [1.29, 1.82) is 0 Å². The molecular formula is C22H23F3N4O3S. The van der Waals surface area contributed by atoms with Gasteiger partial charge in [0, 0.05) is 43.6 Å². The fourth-order valence-electron chi connectivity index (χ4n) is 3.33. The van der Waals surface area contributed by atoms with E-state index in [9.17, 15) is 26.4 Å². The van der Waals surface area contributed by atoms with Crippen LogP contribution in [0.2, 0.25) is 0 Å². The number of urea groups is 1. The Balaban J connectivity index is 1.64. The minimum atomic E-state index is -4.62. The SMILES string of the molecule is CN(C)c1cccc2c(S(=O)(=O)NCCNC(=O)Nc3ccccc3C(F)(F)F)cccc12. The van der Waals surface area contributed by atoms with E-state index in [1.165, 1.54) is 18.2 Å². The first-order valence-corrected chi connectivity index (χ1v) is 11.4. The van der Waals surface area contributed by atoms with Crippen LogP contribution in [0.15, 0.2) is 65.6 Å². The van der Waals surface area contributed by atoms with Crippen molar-refractivity contribution < 1.29 is 26.4 Å². The third-order valence-electron chi connectivity index (χ3n) is 4.81. The number of anilines is 2. The molecule has 33 heavy (non-hydrogen) atoms. The zero-order valence-corrected chi connectivity index (χ0v) is 18.7.